The molecule has 0 unspecified atom stereocenters. The van der Waals surface area contributed by atoms with Crippen molar-refractivity contribution in [3.63, 3.8) is 0 Å². The van der Waals surface area contributed by atoms with Crippen LogP contribution >= 0.6 is 0 Å². The van der Waals surface area contributed by atoms with Gasteiger partial charge in [0.1, 0.15) is 0 Å². The number of hydrogen-bond acceptors (Lipinski definition) is 5. The van der Waals surface area contributed by atoms with Crippen LogP contribution in [0.25, 0.3) is 0 Å². The standard InChI is InChI=1S/C14H24FN3O2/c1-4-16-11-12-5-6-17-14(13(12)15)18(7-9-19-2)8-10-20-3/h5-6,16H,4,7-11H2,1-3H3. The predicted octanol–water partition coefficient (Wildman–Crippen LogP) is 1.43. The molecule has 114 valence electrons. The first kappa shape index (κ1) is 16.8. The molecule has 0 saturated heterocycles. The molecule has 0 saturated carbocycles. The molecule has 0 aromatic carbocycles. The van der Waals surface area contributed by atoms with Crippen LogP contribution in [-0.2, 0) is 16.0 Å². The lowest BCUT2D eigenvalue weighted by molar-refractivity contribution is 0.189. The number of nitrogens with zero attached hydrogens (tertiary/aromatic N) is 2. The van der Waals surface area contributed by atoms with Gasteiger partial charge in [-0.1, -0.05) is 6.92 Å². The fourth-order valence-corrected chi connectivity index (χ4v) is 1.81. The first-order valence-electron chi connectivity index (χ1n) is 6.81. The van der Waals surface area contributed by atoms with E-state index in [-0.39, 0.29) is 5.82 Å². The maximum absolute atomic E-state index is 14.5. The second-order valence-corrected chi connectivity index (χ2v) is 4.36. The SMILES string of the molecule is CCNCc1ccnc(N(CCOC)CCOC)c1F. The van der Waals surface area contributed by atoms with Crippen molar-refractivity contribution < 1.29 is 13.9 Å². The molecular weight excluding hydrogens is 261 g/mol. The summed E-state index contributed by atoms with van der Waals surface area (Å²) in [6.07, 6.45) is 1.64. The van der Waals surface area contributed by atoms with Crippen LogP contribution in [0.2, 0.25) is 0 Å². The molecule has 1 rings (SSSR count). The van der Waals surface area contributed by atoms with Gasteiger partial charge in [-0.25, -0.2) is 9.37 Å². The van der Waals surface area contributed by atoms with Gasteiger partial charge in [-0.05, 0) is 12.6 Å². The Bertz CT molecular complexity index is 383. The van der Waals surface area contributed by atoms with Gasteiger partial charge in [0.15, 0.2) is 11.6 Å². The average molecular weight is 285 g/mol. The second-order valence-electron chi connectivity index (χ2n) is 4.36. The Morgan fingerprint density at radius 3 is 2.45 bits per heavy atom. The lowest BCUT2D eigenvalue weighted by atomic mass is 10.2. The molecular formula is C14H24FN3O2. The zero-order valence-electron chi connectivity index (χ0n) is 12.5. The minimum Gasteiger partial charge on any atom is -0.383 e. The van der Waals surface area contributed by atoms with Gasteiger partial charge >= 0.3 is 0 Å². The summed E-state index contributed by atoms with van der Waals surface area (Å²) in [4.78, 5) is 6.01. The Kier molecular flexibility index (Phi) is 8.10. The number of aromatic nitrogens is 1. The maximum Gasteiger partial charge on any atom is 0.170 e. The minimum absolute atomic E-state index is 0.277. The van der Waals surface area contributed by atoms with Crippen molar-refractivity contribution >= 4 is 5.82 Å². The van der Waals surface area contributed by atoms with E-state index in [4.69, 9.17) is 9.47 Å². The molecule has 20 heavy (non-hydrogen) atoms. The van der Waals surface area contributed by atoms with Crippen LogP contribution < -0.4 is 10.2 Å². The smallest absolute Gasteiger partial charge is 0.170 e. The fraction of sp³-hybridized carbons (Fsp3) is 0.643. The molecule has 5 nitrogen and oxygen atoms in total. The Hall–Kier alpha value is -1.24. The maximum atomic E-state index is 14.5. The minimum atomic E-state index is -0.277. The van der Waals surface area contributed by atoms with Crippen molar-refractivity contribution in [1.82, 2.24) is 10.3 Å². The molecule has 1 aromatic heterocycles. The molecule has 0 aliphatic heterocycles. The Balaban J connectivity index is 2.87. The summed E-state index contributed by atoms with van der Waals surface area (Å²) < 4.78 is 24.6. The highest BCUT2D eigenvalue weighted by atomic mass is 19.1. The normalized spacial score (nSPS) is 10.8. The number of halogens is 1. The highest BCUT2D eigenvalue weighted by Gasteiger charge is 2.15. The molecule has 1 heterocycles. The van der Waals surface area contributed by atoms with Gasteiger partial charge in [0.25, 0.3) is 0 Å². The summed E-state index contributed by atoms with van der Waals surface area (Å²) in [6.45, 7) is 5.48. The van der Waals surface area contributed by atoms with Crippen LogP contribution in [0.1, 0.15) is 12.5 Å². The summed E-state index contributed by atoms with van der Waals surface area (Å²) >= 11 is 0. The van der Waals surface area contributed by atoms with E-state index in [0.717, 1.165) is 6.54 Å². The lowest BCUT2D eigenvalue weighted by Crippen LogP contribution is -2.32. The van der Waals surface area contributed by atoms with Crippen LogP contribution in [0.4, 0.5) is 10.2 Å². The van der Waals surface area contributed by atoms with Gasteiger partial charge in [0.2, 0.25) is 0 Å². The third-order valence-corrected chi connectivity index (χ3v) is 2.95. The summed E-state index contributed by atoms with van der Waals surface area (Å²) in [5, 5.41) is 3.12. The number of rotatable bonds is 10. The van der Waals surface area contributed by atoms with Gasteiger partial charge in [0, 0.05) is 45.6 Å². The molecule has 0 radical (unpaired) electrons. The molecule has 0 bridgehead atoms. The summed E-state index contributed by atoms with van der Waals surface area (Å²) in [6, 6.07) is 1.70. The van der Waals surface area contributed by atoms with E-state index in [2.05, 4.69) is 10.3 Å². The average Bonchev–Trinajstić information content (AvgIpc) is 2.47. The number of hydrogen-bond donors (Lipinski definition) is 1. The number of ether oxygens (including phenoxy) is 2. The highest BCUT2D eigenvalue weighted by molar-refractivity contribution is 5.43. The van der Waals surface area contributed by atoms with E-state index in [0.29, 0.717) is 44.2 Å². The highest BCUT2D eigenvalue weighted by Crippen LogP contribution is 2.19. The third kappa shape index (κ3) is 5.03. The van der Waals surface area contributed by atoms with E-state index in [1.165, 1.54) is 0 Å². The number of anilines is 1. The molecule has 6 heteroatoms. The van der Waals surface area contributed by atoms with Crippen molar-refractivity contribution in [2.24, 2.45) is 0 Å². The summed E-state index contributed by atoms with van der Waals surface area (Å²) in [5.74, 6) is 0.0789. The number of methoxy groups -OCH3 is 2. The van der Waals surface area contributed by atoms with Crippen molar-refractivity contribution in [3.05, 3.63) is 23.6 Å². The molecule has 1 N–H and O–H groups in total. The van der Waals surface area contributed by atoms with Crippen LogP contribution in [0.5, 0.6) is 0 Å². The predicted molar refractivity (Wildman–Crippen MR) is 77.5 cm³/mol. The van der Waals surface area contributed by atoms with E-state index < -0.39 is 0 Å². The molecule has 0 spiro atoms. The summed E-state index contributed by atoms with van der Waals surface area (Å²) in [7, 11) is 3.25. The summed E-state index contributed by atoms with van der Waals surface area (Å²) in [5.41, 5.74) is 0.622. The van der Waals surface area contributed by atoms with Crippen molar-refractivity contribution in [2.45, 2.75) is 13.5 Å². The van der Waals surface area contributed by atoms with E-state index in [1.807, 2.05) is 11.8 Å². The van der Waals surface area contributed by atoms with Gasteiger partial charge < -0.3 is 19.7 Å². The Labute approximate surface area is 120 Å². The van der Waals surface area contributed by atoms with Crippen molar-refractivity contribution in [3.8, 4) is 0 Å². The number of pyridine rings is 1. The van der Waals surface area contributed by atoms with Crippen molar-refractivity contribution in [1.29, 1.82) is 0 Å². The molecule has 0 atom stereocenters. The van der Waals surface area contributed by atoms with Crippen molar-refractivity contribution in [2.75, 3.05) is 52.0 Å². The van der Waals surface area contributed by atoms with E-state index in [9.17, 15) is 4.39 Å². The van der Waals surface area contributed by atoms with Gasteiger partial charge in [-0.15, -0.1) is 0 Å². The molecule has 0 fully saturated rings. The van der Waals surface area contributed by atoms with Gasteiger partial charge in [-0.2, -0.15) is 0 Å². The van der Waals surface area contributed by atoms with Gasteiger partial charge in [-0.3, -0.25) is 0 Å². The fourth-order valence-electron chi connectivity index (χ4n) is 1.81. The second kappa shape index (κ2) is 9.63. The first-order chi connectivity index (χ1) is 9.74. The van der Waals surface area contributed by atoms with Crippen LogP contribution in [0.15, 0.2) is 12.3 Å². The Morgan fingerprint density at radius 1 is 1.25 bits per heavy atom. The quantitative estimate of drug-likeness (QED) is 0.704. The van der Waals surface area contributed by atoms with E-state index >= 15 is 0 Å². The Morgan fingerprint density at radius 2 is 1.90 bits per heavy atom. The monoisotopic (exact) mass is 285 g/mol. The van der Waals surface area contributed by atoms with Crippen LogP contribution in [0.3, 0.4) is 0 Å². The zero-order valence-corrected chi connectivity index (χ0v) is 12.5. The molecule has 0 aliphatic carbocycles. The number of nitrogens with one attached hydrogen (secondary N) is 1. The molecule has 0 amide bonds. The topological polar surface area (TPSA) is 46.6 Å². The lowest BCUT2D eigenvalue weighted by Gasteiger charge is -2.24. The third-order valence-electron chi connectivity index (χ3n) is 2.95. The van der Waals surface area contributed by atoms with Crippen LogP contribution in [-0.4, -0.2) is 52.1 Å². The van der Waals surface area contributed by atoms with Gasteiger partial charge in [0.05, 0.1) is 13.2 Å². The van der Waals surface area contributed by atoms with Crippen LogP contribution in [0, 0.1) is 5.82 Å². The zero-order chi connectivity index (χ0) is 14.8. The molecule has 1 aromatic rings. The first-order valence-corrected chi connectivity index (χ1v) is 6.81. The molecule has 0 aliphatic rings. The van der Waals surface area contributed by atoms with E-state index in [1.54, 1.807) is 26.5 Å². The largest absolute Gasteiger partial charge is 0.383 e.